The minimum atomic E-state index is -0.178. The summed E-state index contributed by atoms with van der Waals surface area (Å²) in [6.07, 6.45) is 14.6. The van der Waals surface area contributed by atoms with Crippen LogP contribution in [0.5, 0.6) is 0 Å². The fourth-order valence-corrected chi connectivity index (χ4v) is 6.29. The SMILES string of the molecule is CCCCCCCCCCN1CCN(c2ccc(-c3cnc4ccc(/C=C5\SC(=S)NC5=O)nn34)cc2)CC1. The molecule has 39 heavy (non-hydrogen) atoms. The fourth-order valence-electron chi connectivity index (χ4n) is 5.26. The first-order valence-electron chi connectivity index (χ1n) is 14.3. The number of thioether (sulfide) groups is 1. The van der Waals surface area contributed by atoms with Crippen LogP contribution >= 0.6 is 24.0 Å². The molecular weight excluding hydrogens is 525 g/mol. The van der Waals surface area contributed by atoms with Gasteiger partial charge >= 0.3 is 0 Å². The number of fused-ring (bicyclic) bond motifs is 1. The number of carbonyl (C=O) groups excluding carboxylic acids is 1. The molecule has 2 aliphatic heterocycles. The zero-order chi connectivity index (χ0) is 27.0. The Kier molecular flexibility index (Phi) is 9.66. The second kappa shape index (κ2) is 13.5. The summed E-state index contributed by atoms with van der Waals surface area (Å²) in [6, 6.07) is 12.5. The van der Waals surface area contributed by atoms with Crippen LogP contribution in [0.1, 0.15) is 64.0 Å². The Hall–Kier alpha value is -2.75. The van der Waals surface area contributed by atoms with Gasteiger partial charge < -0.3 is 10.2 Å². The summed E-state index contributed by atoms with van der Waals surface area (Å²) < 4.78 is 2.31. The van der Waals surface area contributed by atoms with Crippen LogP contribution in [-0.2, 0) is 4.79 Å². The lowest BCUT2D eigenvalue weighted by Gasteiger charge is -2.36. The number of nitrogens with zero attached hydrogens (tertiary/aromatic N) is 5. The molecule has 2 aliphatic rings. The fraction of sp³-hybridized carbons (Fsp3) is 0.467. The maximum absolute atomic E-state index is 12.0. The highest BCUT2D eigenvalue weighted by molar-refractivity contribution is 8.26. The van der Waals surface area contributed by atoms with Gasteiger partial charge in [-0.1, -0.05) is 88.0 Å². The van der Waals surface area contributed by atoms with Gasteiger partial charge in [-0.15, -0.1) is 0 Å². The van der Waals surface area contributed by atoms with Gasteiger partial charge in [0.1, 0.15) is 4.32 Å². The van der Waals surface area contributed by atoms with Crippen molar-refractivity contribution < 1.29 is 4.79 Å². The lowest BCUT2D eigenvalue weighted by atomic mass is 10.1. The van der Waals surface area contributed by atoms with Crippen molar-refractivity contribution in [2.24, 2.45) is 0 Å². The molecule has 1 amide bonds. The van der Waals surface area contributed by atoms with Gasteiger partial charge in [-0.3, -0.25) is 9.69 Å². The zero-order valence-corrected chi connectivity index (χ0v) is 24.4. The summed E-state index contributed by atoms with van der Waals surface area (Å²) in [5.74, 6) is -0.178. The molecule has 0 spiro atoms. The van der Waals surface area contributed by atoms with E-state index in [1.54, 1.807) is 6.08 Å². The zero-order valence-electron chi connectivity index (χ0n) is 22.8. The summed E-state index contributed by atoms with van der Waals surface area (Å²) in [4.78, 5) is 22.2. The van der Waals surface area contributed by atoms with Gasteiger partial charge in [0.15, 0.2) is 5.65 Å². The largest absolute Gasteiger partial charge is 0.369 e. The number of imidazole rings is 1. The minimum Gasteiger partial charge on any atom is -0.369 e. The number of nitrogens with one attached hydrogen (secondary N) is 1. The minimum absolute atomic E-state index is 0.178. The maximum atomic E-state index is 12.0. The number of hydrogen-bond acceptors (Lipinski definition) is 7. The van der Waals surface area contributed by atoms with E-state index in [1.807, 2.05) is 22.8 Å². The molecular formula is C30H38N6OS2. The number of thiocarbonyl (C=S) groups is 1. The highest BCUT2D eigenvalue weighted by Crippen LogP contribution is 2.27. The average molecular weight is 563 g/mol. The normalized spacial score (nSPS) is 17.5. The number of benzene rings is 1. The van der Waals surface area contributed by atoms with E-state index >= 15 is 0 Å². The Morgan fingerprint density at radius 2 is 1.67 bits per heavy atom. The van der Waals surface area contributed by atoms with Crippen LogP contribution in [0, 0.1) is 0 Å². The maximum Gasteiger partial charge on any atom is 0.263 e. The van der Waals surface area contributed by atoms with Crippen molar-refractivity contribution in [2.45, 2.75) is 58.3 Å². The second-order valence-electron chi connectivity index (χ2n) is 10.4. The molecule has 2 aromatic heterocycles. The third-order valence-corrected chi connectivity index (χ3v) is 8.70. The van der Waals surface area contributed by atoms with Crippen molar-refractivity contribution in [3.8, 4) is 11.3 Å². The molecule has 0 bridgehead atoms. The number of amides is 1. The number of carbonyl (C=O) groups is 1. The van der Waals surface area contributed by atoms with Gasteiger partial charge in [-0.2, -0.15) is 5.10 Å². The molecule has 0 unspecified atom stereocenters. The molecule has 7 nitrogen and oxygen atoms in total. The Bertz CT molecular complexity index is 1310. The van der Waals surface area contributed by atoms with E-state index in [1.165, 1.54) is 75.4 Å². The first-order valence-corrected chi connectivity index (χ1v) is 15.5. The molecule has 206 valence electrons. The Labute approximate surface area is 241 Å². The summed E-state index contributed by atoms with van der Waals surface area (Å²) in [5.41, 5.74) is 4.70. The lowest BCUT2D eigenvalue weighted by Crippen LogP contribution is -2.46. The molecule has 2 saturated heterocycles. The molecule has 1 N–H and O–H groups in total. The molecule has 0 radical (unpaired) electrons. The first-order chi connectivity index (χ1) is 19.1. The smallest absolute Gasteiger partial charge is 0.263 e. The van der Waals surface area contributed by atoms with Crippen LogP contribution in [-0.4, -0.2) is 62.4 Å². The second-order valence-corrected chi connectivity index (χ2v) is 12.1. The Morgan fingerprint density at radius 3 is 2.36 bits per heavy atom. The van der Waals surface area contributed by atoms with E-state index in [4.69, 9.17) is 17.3 Å². The summed E-state index contributed by atoms with van der Waals surface area (Å²) in [5, 5.41) is 7.38. The van der Waals surface area contributed by atoms with Crippen LogP contribution in [0.15, 0.2) is 47.5 Å². The summed E-state index contributed by atoms with van der Waals surface area (Å²) >= 11 is 6.35. The van der Waals surface area contributed by atoms with Crippen LogP contribution in [0.4, 0.5) is 5.69 Å². The van der Waals surface area contributed by atoms with Crippen molar-refractivity contribution in [1.29, 1.82) is 0 Å². The molecule has 3 aromatic rings. The van der Waals surface area contributed by atoms with Crippen molar-refractivity contribution >= 4 is 51.6 Å². The van der Waals surface area contributed by atoms with E-state index < -0.39 is 0 Å². The molecule has 1 aromatic carbocycles. The lowest BCUT2D eigenvalue weighted by molar-refractivity contribution is -0.115. The van der Waals surface area contributed by atoms with E-state index in [2.05, 4.69) is 51.3 Å². The van der Waals surface area contributed by atoms with Gasteiger partial charge in [0.25, 0.3) is 5.91 Å². The van der Waals surface area contributed by atoms with Crippen LogP contribution < -0.4 is 10.2 Å². The molecule has 0 saturated carbocycles. The molecule has 0 atom stereocenters. The van der Waals surface area contributed by atoms with Crippen LogP contribution in [0.3, 0.4) is 0 Å². The number of piperazine rings is 1. The van der Waals surface area contributed by atoms with E-state index in [0.29, 0.717) is 14.9 Å². The van der Waals surface area contributed by atoms with E-state index in [0.717, 1.165) is 43.1 Å². The van der Waals surface area contributed by atoms with Gasteiger partial charge in [-0.25, -0.2) is 9.50 Å². The van der Waals surface area contributed by atoms with Gasteiger partial charge in [0.2, 0.25) is 0 Å². The van der Waals surface area contributed by atoms with E-state index in [-0.39, 0.29) is 5.91 Å². The van der Waals surface area contributed by atoms with Crippen LogP contribution in [0.2, 0.25) is 0 Å². The predicted octanol–water partition coefficient (Wildman–Crippen LogP) is 6.15. The quantitative estimate of drug-likeness (QED) is 0.161. The Balaban J connectivity index is 1.14. The van der Waals surface area contributed by atoms with Gasteiger partial charge in [0.05, 0.1) is 22.5 Å². The topological polar surface area (TPSA) is 65.8 Å². The number of unbranched alkanes of at least 4 members (excludes halogenated alkanes) is 7. The van der Waals surface area contributed by atoms with Gasteiger partial charge in [-0.05, 0) is 43.3 Å². The predicted molar refractivity (Wildman–Crippen MR) is 166 cm³/mol. The highest BCUT2D eigenvalue weighted by atomic mass is 32.2. The Morgan fingerprint density at radius 1 is 0.949 bits per heavy atom. The number of anilines is 1. The summed E-state index contributed by atoms with van der Waals surface area (Å²) in [6.45, 7) is 7.92. The third-order valence-electron chi connectivity index (χ3n) is 7.53. The number of aromatic nitrogens is 3. The third kappa shape index (κ3) is 7.26. The molecule has 2 fully saturated rings. The monoisotopic (exact) mass is 562 g/mol. The molecule has 9 heteroatoms. The molecule has 5 rings (SSSR count). The number of rotatable bonds is 12. The van der Waals surface area contributed by atoms with Crippen molar-refractivity contribution in [2.75, 3.05) is 37.6 Å². The first kappa shape index (κ1) is 27.8. The van der Waals surface area contributed by atoms with Crippen molar-refractivity contribution in [1.82, 2.24) is 24.8 Å². The van der Waals surface area contributed by atoms with Crippen molar-refractivity contribution in [3.05, 3.63) is 53.2 Å². The summed E-state index contributed by atoms with van der Waals surface area (Å²) in [7, 11) is 0. The average Bonchev–Trinajstić information content (AvgIpc) is 3.52. The van der Waals surface area contributed by atoms with Crippen LogP contribution in [0.25, 0.3) is 23.0 Å². The van der Waals surface area contributed by atoms with E-state index in [9.17, 15) is 4.79 Å². The molecule has 0 aliphatic carbocycles. The molecule has 4 heterocycles. The van der Waals surface area contributed by atoms with Crippen molar-refractivity contribution in [3.63, 3.8) is 0 Å². The van der Waals surface area contributed by atoms with Gasteiger partial charge in [0, 0.05) is 37.4 Å². The highest BCUT2D eigenvalue weighted by Gasteiger charge is 2.22. The standard InChI is InChI=1S/C30H38N6OS2/c1-2-3-4-5-6-7-8-9-16-34-17-19-35(20-18-34)25-13-10-23(11-14-25)26-22-31-28-15-12-24(33-36(26)28)21-27-29(37)32-30(38)39-27/h10-15,21-22H,2-9,16-20H2,1H3,(H,32,37,38)/b27-21-. The number of hydrogen-bond donors (Lipinski definition) is 1.